The third kappa shape index (κ3) is 5.07. The number of amides is 3. The molecule has 25 heavy (non-hydrogen) atoms. The number of halogens is 1. The van der Waals surface area contributed by atoms with E-state index in [4.69, 9.17) is 11.6 Å². The summed E-state index contributed by atoms with van der Waals surface area (Å²) < 4.78 is 0. The van der Waals surface area contributed by atoms with Gasteiger partial charge < -0.3 is 21.1 Å². The van der Waals surface area contributed by atoms with Crippen LogP contribution in [0.4, 0.5) is 10.5 Å². The van der Waals surface area contributed by atoms with Crippen molar-refractivity contribution < 1.29 is 14.7 Å². The van der Waals surface area contributed by atoms with Crippen molar-refractivity contribution in [2.45, 2.75) is 39.0 Å². The molecule has 3 amide bonds. The topological polar surface area (TPSA) is 93.7 Å². The van der Waals surface area contributed by atoms with Gasteiger partial charge in [-0.05, 0) is 39.0 Å². The fraction of sp³-hybridized carbons (Fsp3) is 0.529. The first-order chi connectivity index (χ1) is 11.8. The summed E-state index contributed by atoms with van der Waals surface area (Å²) in [6.45, 7) is 7.57. The highest BCUT2D eigenvalue weighted by molar-refractivity contribution is 6.34. The van der Waals surface area contributed by atoms with E-state index in [0.29, 0.717) is 36.9 Å². The van der Waals surface area contributed by atoms with Crippen LogP contribution in [0.2, 0.25) is 5.02 Å². The number of β-amino-alcohol motifs (C(OH)–C–C–N with tert-alkyl or cyclic N) is 1. The molecule has 0 aliphatic carbocycles. The van der Waals surface area contributed by atoms with E-state index in [-0.39, 0.29) is 17.0 Å². The Morgan fingerprint density at radius 3 is 2.64 bits per heavy atom. The number of benzene rings is 1. The number of likely N-dealkylation sites (tertiary alicyclic amines) is 1. The summed E-state index contributed by atoms with van der Waals surface area (Å²) >= 11 is 6.11. The SMILES string of the molecule is CCNC(=O)c1ccc(NC(=O)NC2CN(C(C)C)CC2O)cc1Cl. The highest BCUT2D eigenvalue weighted by atomic mass is 35.5. The predicted octanol–water partition coefficient (Wildman–Crippen LogP) is 1.66. The molecule has 1 aromatic carbocycles. The van der Waals surface area contributed by atoms with Gasteiger partial charge in [0, 0.05) is 31.4 Å². The molecular formula is C17H25ClN4O3. The van der Waals surface area contributed by atoms with Crippen molar-refractivity contribution in [1.82, 2.24) is 15.5 Å². The van der Waals surface area contributed by atoms with E-state index in [9.17, 15) is 14.7 Å². The highest BCUT2D eigenvalue weighted by Gasteiger charge is 2.33. The number of hydrogen-bond donors (Lipinski definition) is 4. The van der Waals surface area contributed by atoms with Crippen molar-refractivity contribution in [2.24, 2.45) is 0 Å². The molecule has 0 spiro atoms. The summed E-state index contributed by atoms with van der Waals surface area (Å²) in [6.07, 6.45) is -0.600. The van der Waals surface area contributed by atoms with E-state index in [2.05, 4.69) is 20.9 Å². The van der Waals surface area contributed by atoms with E-state index in [1.165, 1.54) is 6.07 Å². The van der Waals surface area contributed by atoms with Gasteiger partial charge in [0.15, 0.2) is 0 Å². The van der Waals surface area contributed by atoms with Crippen LogP contribution in [0.5, 0.6) is 0 Å². The first kappa shape index (κ1) is 19.5. The van der Waals surface area contributed by atoms with Crippen LogP contribution in [-0.2, 0) is 0 Å². The van der Waals surface area contributed by atoms with Gasteiger partial charge in [-0.3, -0.25) is 9.69 Å². The summed E-state index contributed by atoms with van der Waals surface area (Å²) in [4.78, 5) is 26.1. The van der Waals surface area contributed by atoms with Crippen molar-refractivity contribution in [1.29, 1.82) is 0 Å². The minimum atomic E-state index is -0.600. The van der Waals surface area contributed by atoms with Crippen LogP contribution < -0.4 is 16.0 Å². The summed E-state index contributed by atoms with van der Waals surface area (Å²) in [5, 5.41) is 18.5. The van der Waals surface area contributed by atoms with Gasteiger partial charge >= 0.3 is 6.03 Å². The summed E-state index contributed by atoms with van der Waals surface area (Å²) in [7, 11) is 0. The smallest absolute Gasteiger partial charge is 0.319 e. The lowest BCUT2D eigenvalue weighted by atomic mass is 10.2. The van der Waals surface area contributed by atoms with Gasteiger partial charge in [-0.25, -0.2) is 4.79 Å². The Bertz CT molecular complexity index is 638. The number of urea groups is 1. The Kier molecular flexibility index (Phi) is 6.64. The van der Waals surface area contributed by atoms with Gasteiger partial charge in [0.2, 0.25) is 0 Å². The second kappa shape index (κ2) is 8.51. The normalized spacial score (nSPS) is 20.6. The highest BCUT2D eigenvalue weighted by Crippen LogP contribution is 2.21. The molecule has 8 heteroatoms. The summed E-state index contributed by atoms with van der Waals surface area (Å²) in [5.74, 6) is -0.258. The molecule has 2 atom stereocenters. The van der Waals surface area contributed by atoms with Crippen LogP contribution in [0.15, 0.2) is 18.2 Å². The Morgan fingerprint density at radius 2 is 2.08 bits per heavy atom. The minimum Gasteiger partial charge on any atom is -0.390 e. The number of rotatable bonds is 5. The van der Waals surface area contributed by atoms with Gasteiger partial charge in [0.25, 0.3) is 5.91 Å². The quantitative estimate of drug-likeness (QED) is 0.636. The molecule has 1 aliphatic heterocycles. The fourth-order valence-corrected chi connectivity index (χ4v) is 3.01. The van der Waals surface area contributed by atoms with E-state index < -0.39 is 12.1 Å². The lowest BCUT2D eigenvalue weighted by Crippen LogP contribution is -2.45. The second-order valence-electron chi connectivity index (χ2n) is 6.37. The number of aliphatic hydroxyl groups excluding tert-OH is 1. The average molecular weight is 369 g/mol. The number of nitrogens with one attached hydrogen (secondary N) is 3. The largest absolute Gasteiger partial charge is 0.390 e. The number of aliphatic hydroxyl groups is 1. The van der Waals surface area contributed by atoms with Crippen molar-refractivity contribution in [3.63, 3.8) is 0 Å². The van der Waals surface area contributed by atoms with Crippen molar-refractivity contribution >= 4 is 29.2 Å². The molecule has 1 fully saturated rings. The zero-order valence-corrected chi connectivity index (χ0v) is 15.4. The maximum absolute atomic E-state index is 12.1. The summed E-state index contributed by atoms with van der Waals surface area (Å²) in [5.41, 5.74) is 0.831. The van der Waals surface area contributed by atoms with Crippen molar-refractivity contribution in [2.75, 3.05) is 25.0 Å². The van der Waals surface area contributed by atoms with E-state index in [0.717, 1.165) is 0 Å². The lowest BCUT2D eigenvalue weighted by molar-refractivity contribution is 0.0956. The van der Waals surface area contributed by atoms with Gasteiger partial charge in [-0.1, -0.05) is 11.6 Å². The van der Waals surface area contributed by atoms with Crippen LogP contribution >= 0.6 is 11.6 Å². The van der Waals surface area contributed by atoms with Gasteiger partial charge in [-0.15, -0.1) is 0 Å². The molecule has 2 rings (SSSR count). The molecule has 1 saturated heterocycles. The molecule has 0 aromatic heterocycles. The monoisotopic (exact) mass is 368 g/mol. The van der Waals surface area contributed by atoms with Crippen LogP contribution in [0.3, 0.4) is 0 Å². The van der Waals surface area contributed by atoms with Gasteiger partial charge in [0.1, 0.15) is 0 Å². The zero-order valence-electron chi connectivity index (χ0n) is 14.7. The zero-order chi connectivity index (χ0) is 18.6. The molecule has 2 unspecified atom stereocenters. The maximum Gasteiger partial charge on any atom is 0.319 e. The van der Waals surface area contributed by atoms with Crippen molar-refractivity contribution in [3.05, 3.63) is 28.8 Å². The Balaban J connectivity index is 1.95. The van der Waals surface area contributed by atoms with E-state index in [1.54, 1.807) is 12.1 Å². The van der Waals surface area contributed by atoms with Crippen LogP contribution in [0, 0.1) is 0 Å². The molecular weight excluding hydrogens is 344 g/mol. The van der Waals surface area contributed by atoms with Gasteiger partial charge in [-0.2, -0.15) is 0 Å². The predicted molar refractivity (Wildman–Crippen MR) is 98.1 cm³/mol. The van der Waals surface area contributed by atoms with Crippen molar-refractivity contribution in [3.8, 4) is 0 Å². The summed E-state index contributed by atoms with van der Waals surface area (Å²) in [6, 6.07) is 4.26. The molecule has 4 N–H and O–H groups in total. The number of carbonyl (C=O) groups excluding carboxylic acids is 2. The van der Waals surface area contributed by atoms with Gasteiger partial charge in [0.05, 0.1) is 22.7 Å². The lowest BCUT2D eigenvalue weighted by Gasteiger charge is -2.20. The molecule has 7 nitrogen and oxygen atoms in total. The molecule has 1 heterocycles. The second-order valence-corrected chi connectivity index (χ2v) is 6.78. The average Bonchev–Trinajstić information content (AvgIpc) is 2.88. The number of nitrogens with zero attached hydrogens (tertiary/aromatic N) is 1. The standard InChI is InChI=1S/C17H25ClN4O3/c1-4-19-16(24)12-6-5-11(7-13(12)18)20-17(25)21-14-8-22(10(2)3)9-15(14)23/h5-7,10,14-15,23H,4,8-9H2,1-3H3,(H,19,24)(H2,20,21,25). The Hall–Kier alpha value is -1.83. The molecule has 0 saturated carbocycles. The Labute approximate surface area is 152 Å². The molecule has 0 bridgehead atoms. The minimum absolute atomic E-state index is 0.258. The first-order valence-electron chi connectivity index (χ1n) is 8.39. The Morgan fingerprint density at radius 1 is 1.36 bits per heavy atom. The fourth-order valence-electron chi connectivity index (χ4n) is 2.75. The van der Waals surface area contributed by atoms with E-state index >= 15 is 0 Å². The first-order valence-corrected chi connectivity index (χ1v) is 8.77. The maximum atomic E-state index is 12.1. The molecule has 0 radical (unpaired) electrons. The van der Waals surface area contributed by atoms with Crippen LogP contribution in [0.1, 0.15) is 31.1 Å². The third-order valence-corrected chi connectivity index (χ3v) is 4.49. The molecule has 138 valence electrons. The number of hydrogen-bond acceptors (Lipinski definition) is 4. The number of carbonyl (C=O) groups is 2. The van der Waals surface area contributed by atoms with Crippen LogP contribution in [0.25, 0.3) is 0 Å². The molecule has 1 aliphatic rings. The van der Waals surface area contributed by atoms with E-state index in [1.807, 2.05) is 20.8 Å². The van der Waals surface area contributed by atoms with Crippen LogP contribution in [-0.4, -0.2) is 59.8 Å². The molecule has 1 aromatic rings. The number of anilines is 1. The third-order valence-electron chi connectivity index (χ3n) is 4.17.